The maximum absolute atomic E-state index is 12.7. The van der Waals surface area contributed by atoms with Crippen molar-refractivity contribution in [3.63, 3.8) is 0 Å². The summed E-state index contributed by atoms with van der Waals surface area (Å²) in [6.07, 6.45) is 5.76. The van der Waals surface area contributed by atoms with E-state index in [0.29, 0.717) is 18.0 Å². The summed E-state index contributed by atoms with van der Waals surface area (Å²) in [4.78, 5) is 19.2. The number of pyridine rings is 1. The number of aromatic nitrogens is 3. The maximum Gasteiger partial charge on any atom is 0.255 e. The molecule has 5 heteroatoms. The zero-order valence-corrected chi connectivity index (χ0v) is 14.4. The van der Waals surface area contributed by atoms with Crippen LogP contribution in [0.25, 0.3) is 11.0 Å². The molecule has 0 spiro atoms. The third-order valence-electron chi connectivity index (χ3n) is 4.84. The minimum absolute atomic E-state index is 0.0803. The molecule has 1 aliphatic rings. The van der Waals surface area contributed by atoms with Crippen LogP contribution < -0.4 is 0 Å². The number of amides is 1. The highest BCUT2D eigenvalue weighted by atomic mass is 16.2. The van der Waals surface area contributed by atoms with Crippen LogP contribution in [-0.4, -0.2) is 38.7 Å². The van der Waals surface area contributed by atoms with Gasteiger partial charge in [0.1, 0.15) is 0 Å². The summed E-state index contributed by atoms with van der Waals surface area (Å²) in [5.74, 6) is 0.653. The second kappa shape index (κ2) is 6.67. The van der Waals surface area contributed by atoms with Crippen molar-refractivity contribution in [2.45, 2.75) is 26.3 Å². The largest absolute Gasteiger partial charge is 0.338 e. The van der Waals surface area contributed by atoms with Crippen LogP contribution in [0.15, 0.2) is 48.8 Å². The normalized spacial score (nSPS) is 17.8. The van der Waals surface area contributed by atoms with Gasteiger partial charge in [-0.2, -0.15) is 5.10 Å². The van der Waals surface area contributed by atoms with Crippen molar-refractivity contribution < 1.29 is 4.79 Å². The lowest BCUT2D eigenvalue weighted by Crippen LogP contribution is -2.39. The second-order valence-corrected chi connectivity index (χ2v) is 6.92. The summed E-state index contributed by atoms with van der Waals surface area (Å²) >= 11 is 0. The van der Waals surface area contributed by atoms with Crippen LogP contribution in [0.5, 0.6) is 0 Å². The summed E-state index contributed by atoms with van der Waals surface area (Å²) in [5, 5.41) is 5.35. The van der Waals surface area contributed by atoms with E-state index in [0.717, 1.165) is 30.5 Å². The Kier molecular flexibility index (Phi) is 4.22. The number of piperidine rings is 1. The van der Waals surface area contributed by atoms with E-state index in [2.05, 4.69) is 29.1 Å². The van der Waals surface area contributed by atoms with E-state index in [1.165, 1.54) is 12.0 Å². The summed E-state index contributed by atoms with van der Waals surface area (Å²) in [6.45, 7) is 4.56. The highest BCUT2D eigenvalue weighted by molar-refractivity contribution is 5.96. The maximum atomic E-state index is 12.7. The first-order valence-electron chi connectivity index (χ1n) is 8.85. The Morgan fingerprint density at radius 3 is 2.88 bits per heavy atom. The molecule has 1 aromatic carbocycles. The fourth-order valence-electron chi connectivity index (χ4n) is 3.52. The topological polar surface area (TPSA) is 51.0 Å². The molecule has 0 bridgehead atoms. The van der Waals surface area contributed by atoms with Gasteiger partial charge in [0, 0.05) is 24.7 Å². The lowest BCUT2D eigenvalue weighted by atomic mass is 10.00. The van der Waals surface area contributed by atoms with Crippen LogP contribution in [0, 0.1) is 5.92 Å². The van der Waals surface area contributed by atoms with Crippen LogP contribution >= 0.6 is 0 Å². The lowest BCUT2D eigenvalue weighted by molar-refractivity contribution is 0.0683. The van der Waals surface area contributed by atoms with Crippen molar-refractivity contribution in [1.82, 2.24) is 19.7 Å². The van der Waals surface area contributed by atoms with Crippen LogP contribution in [0.3, 0.4) is 0 Å². The SMILES string of the molecule is CC1CCCN(C(=O)c2cnc3c(cnn3Cc3ccccc3)c2)C1. The van der Waals surface area contributed by atoms with Crippen LogP contribution in [-0.2, 0) is 6.54 Å². The number of fused-ring (bicyclic) bond motifs is 1. The fraction of sp³-hybridized carbons (Fsp3) is 0.350. The first kappa shape index (κ1) is 15.8. The molecule has 25 heavy (non-hydrogen) atoms. The molecule has 3 aromatic rings. The third kappa shape index (κ3) is 3.27. The summed E-state index contributed by atoms with van der Waals surface area (Å²) in [5.41, 5.74) is 2.64. The summed E-state index contributed by atoms with van der Waals surface area (Å²) in [6, 6.07) is 12.1. The number of benzene rings is 1. The standard InChI is InChI=1S/C20H22N4O/c1-15-6-5-9-23(13-15)20(25)18-10-17-12-22-24(19(17)21-11-18)14-16-7-3-2-4-8-16/h2-4,7-8,10-12,15H,5-6,9,13-14H2,1H3. The van der Waals surface area contributed by atoms with E-state index in [9.17, 15) is 4.79 Å². The van der Waals surface area contributed by atoms with Crippen molar-refractivity contribution in [2.75, 3.05) is 13.1 Å². The first-order valence-corrected chi connectivity index (χ1v) is 8.85. The zero-order chi connectivity index (χ0) is 17.2. The predicted octanol–water partition coefficient (Wildman–Crippen LogP) is 3.35. The molecule has 0 saturated carbocycles. The zero-order valence-electron chi connectivity index (χ0n) is 14.4. The Morgan fingerprint density at radius 2 is 2.08 bits per heavy atom. The molecule has 1 amide bonds. The molecule has 3 heterocycles. The van der Waals surface area contributed by atoms with Gasteiger partial charge in [0.2, 0.25) is 0 Å². The van der Waals surface area contributed by atoms with E-state index in [4.69, 9.17) is 0 Å². The van der Waals surface area contributed by atoms with Gasteiger partial charge in [-0.05, 0) is 30.4 Å². The van der Waals surface area contributed by atoms with Gasteiger partial charge in [0.05, 0.1) is 18.3 Å². The number of likely N-dealkylation sites (tertiary alicyclic amines) is 1. The predicted molar refractivity (Wildman–Crippen MR) is 97.4 cm³/mol. The average molecular weight is 334 g/mol. The minimum Gasteiger partial charge on any atom is -0.338 e. The van der Waals surface area contributed by atoms with Gasteiger partial charge in [-0.3, -0.25) is 4.79 Å². The van der Waals surface area contributed by atoms with Crippen LogP contribution in [0.1, 0.15) is 35.7 Å². The molecule has 5 nitrogen and oxygen atoms in total. The molecule has 128 valence electrons. The monoisotopic (exact) mass is 334 g/mol. The second-order valence-electron chi connectivity index (χ2n) is 6.92. The Morgan fingerprint density at radius 1 is 1.24 bits per heavy atom. The van der Waals surface area contributed by atoms with Crippen molar-refractivity contribution in [3.8, 4) is 0 Å². The van der Waals surface area contributed by atoms with Crippen molar-refractivity contribution >= 4 is 16.9 Å². The Labute approximate surface area is 147 Å². The molecule has 1 fully saturated rings. The molecular formula is C20H22N4O. The number of hydrogen-bond donors (Lipinski definition) is 0. The molecule has 4 rings (SSSR count). The van der Waals surface area contributed by atoms with Gasteiger partial charge >= 0.3 is 0 Å². The molecule has 2 aromatic heterocycles. The molecule has 1 atom stereocenters. The van der Waals surface area contributed by atoms with Crippen molar-refractivity contribution in [1.29, 1.82) is 0 Å². The average Bonchev–Trinajstić information content (AvgIpc) is 3.04. The highest BCUT2D eigenvalue weighted by Gasteiger charge is 2.22. The number of rotatable bonds is 3. The number of hydrogen-bond acceptors (Lipinski definition) is 3. The van der Waals surface area contributed by atoms with Crippen molar-refractivity contribution in [3.05, 3.63) is 59.9 Å². The van der Waals surface area contributed by atoms with Gasteiger partial charge in [-0.1, -0.05) is 37.3 Å². The Balaban J connectivity index is 1.58. The van der Waals surface area contributed by atoms with E-state index in [1.807, 2.05) is 33.8 Å². The molecule has 1 saturated heterocycles. The highest BCUT2D eigenvalue weighted by Crippen LogP contribution is 2.20. The van der Waals surface area contributed by atoms with Gasteiger partial charge in [-0.15, -0.1) is 0 Å². The number of carbonyl (C=O) groups excluding carboxylic acids is 1. The fourth-order valence-corrected chi connectivity index (χ4v) is 3.52. The molecule has 1 unspecified atom stereocenters. The minimum atomic E-state index is 0.0803. The van der Waals surface area contributed by atoms with E-state index < -0.39 is 0 Å². The lowest BCUT2D eigenvalue weighted by Gasteiger charge is -2.30. The number of carbonyl (C=O) groups is 1. The van der Waals surface area contributed by atoms with Gasteiger partial charge < -0.3 is 4.90 Å². The molecule has 0 aliphatic carbocycles. The Bertz CT molecular complexity index is 887. The van der Waals surface area contributed by atoms with E-state index in [-0.39, 0.29) is 5.91 Å². The number of nitrogens with zero attached hydrogens (tertiary/aromatic N) is 4. The molecule has 0 radical (unpaired) electrons. The third-order valence-corrected chi connectivity index (χ3v) is 4.84. The Hall–Kier alpha value is -2.69. The summed E-state index contributed by atoms with van der Waals surface area (Å²) in [7, 11) is 0. The quantitative estimate of drug-likeness (QED) is 0.738. The molecular weight excluding hydrogens is 312 g/mol. The van der Waals surface area contributed by atoms with E-state index in [1.54, 1.807) is 12.4 Å². The smallest absolute Gasteiger partial charge is 0.255 e. The van der Waals surface area contributed by atoms with E-state index >= 15 is 0 Å². The summed E-state index contributed by atoms with van der Waals surface area (Å²) < 4.78 is 1.88. The van der Waals surface area contributed by atoms with Gasteiger partial charge in [0.15, 0.2) is 5.65 Å². The van der Waals surface area contributed by atoms with Gasteiger partial charge in [0.25, 0.3) is 5.91 Å². The molecule has 1 aliphatic heterocycles. The van der Waals surface area contributed by atoms with Crippen molar-refractivity contribution in [2.24, 2.45) is 5.92 Å². The van der Waals surface area contributed by atoms with Crippen LogP contribution in [0.2, 0.25) is 0 Å². The molecule has 0 N–H and O–H groups in total. The van der Waals surface area contributed by atoms with Crippen LogP contribution in [0.4, 0.5) is 0 Å². The van der Waals surface area contributed by atoms with Gasteiger partial charge in [-0.25, -0.2) is 9.67 Å². The first-order chi connectivity index (χ1) is 12.2.